The van der Waals surface area contributed by atoms with Crippen LogP contribution >= 0.6 is 11.8 Å². The van der Waals surface area contributed by atoms with Crippen molar-refractivity contribution in [2.24, 2.45) is 0 Å². The second-order valence-corrected chi connectivity index (χ2v) is 8.46. The predicted molar refractivity (Wildman–Crippen MR) is 109 cm³/mol. The van der Waals surface area contributed by atoms with Crippen molar-refractivity contribution in [1.82, 2.24) is 5.32 Å². The molecule has 1 N–H and O–H groups in total. The fourth-order valence-electron chi connectivity index (χ4n) is 3.89. The van der Waals surface area contributed by atoms with Crippen molar-refractivity contribution in [3.8, 4) is 0 Å². The Kier molecular flexibility index (Phi) is 5.48. The summed E-state index contributed by atoms with van der Waals surface area (Å²) in [5, 5.41) is 3.16. The SMILES string of the molecule is O=C(CN1C(=O)CC(c2ccccc2)Sc2ccccc21)NC1CCCC1. The Morgan fingerprint density at radius 2 is 1.74 bits per heavy atom. The number of benzene rings is 2. The highest BCUT2D eigenvalue weighted by Gasteiger charge is 2.30. The molecule has 0 radical (unpaired) electrons. The highest BCUT2D eigenvalue weighted by molar-refractivity contribution is 7.99. The smallest absolute Gasteiger partial charge is 0.240 e. The lowest BCUT2D eigenvalue weighted by Gasteiger charge is -2.23. The van der Waals surface area contributed by atoms with Crippen LogP contribution in [0.25, 0.3) is 0 Å². The monoisotopic (exact) mass is 380 g/mol. The number of fused-ring (bicyclic) bond motifs is 1. The molecule has 1 heterocycles. The molecule has 1 fully saturated rings. The van der Waals surface area contributed by atoms with Crippen LogP contribution in [0.5, 0.6) is 0 Å². The number of amides is 2. The molecule has 4 nitrogen and oxygen atoms in total. The van der Waals surface area contributed by atoms with Gasteiger partial charge in [-0.15, -0.1) is 11.8 Å². The van der Waals surface area contributed by atoms with E-state index in [1.807, 2.05) is 42.5 Å². The number of hydrogen-bond donors (Lipinski definition) is 1. The molecule has 1 atom stereocenters. The zero-order valence-corrected chi connectivity index (χ0v) is 16.1. The molecule has 2 aromatic carbocycles. The zero-order chi connectivity index (χ0) is 18.6. The Labute approximate surface area is 164 Å². The van der Waals surface area contributed by atoms with Crippen LogP contribution in [-0.2, 0) is 9.59 Å². The van der Waals surface area contributed by atoms with Crippen molar-refractivity contribution < 1.29 is 9.59 Å². The Hall–Kier alpha value is -2.27. The van der Waals surface area contributed by atoms with Crippen LogP contribution in [0.2, 0.25) is 0 Å². The topological polar surface area (TPSA) is 49.4 Å². The third kappa shape index (κ3) is 4.19. The maximum absolute atomic E-state index is 13.1. The minimum Gasteiger partial charge on any atom is -0.352 e. The van der Waals surface area contributed by atoms with Crippen molar-refractivity contribution >= 4 is 29.3 Å². The summed E-state index contributed by atoms with van der Waals surface area (Å²) in [7, 11) is 0. The summed E-state index contributed by atoms with van der Waals surface area (Å²) < 4.78 is 0. The van der Waals surface area contributed by atoms with Gasteiger partial charge in [-0.1, -0.05) is 55.3 Å². The normalized spacial score (nSPS) is 20.2. The van der Waals surface area contributed by atoms with Crippen molar-refractivity contribution in [3.05, 3.63) is 60.2 Å². The summed E-state index contributed by atoms with van der Waals surface area (Å²) in [4.78, 5) is 28.3. The largest absolute Gasteiger partial charge is 0.352 e. The molecular formula is C22H24N2O2S. The first kappa shape index (κ1) is 18.1. The highest BCUT2D eigenvalue weighted by atomic mass is 32.2. The fourth-order valence-corrected chi connectivity index (χ4v) is 5.17. The maximum Gasteiger partial charge on any atom is 0.240 e. The maximum atomic E-state index is 13.1. The first-order chi connectivity index (χ1) is 13.2. The molecule has 1 saturated carbocycles. The standard InChI is InChI=1S/C22H24N2O2S/c25-21(23-17-10-4-5-11-17)15-24-18-12-6-7-13-19(18)27-20(14-22(24)26)16-8-2-1-3-9-16/h1-3,6-9,12-13,17,20H,4-5,10-11,14-15H2,(H,23,25). The minimum absolute atomic E-state index is 0.00266. The molecule has 0 bridgehead atoms. The lowest BCUT2D eigenvalue weighted by atomic mass is 10.1. The van der Waals surface area contributed by atoms with E-state index in [0.29, 0.717) is 6.42 Å². The lowest BCUT2D eigenvalue weighted by Crippen LogP contribution is -2.43. The van der Waals surface area contributed by atoms with Gasteiger partial charge in [0, 0.05) is 22.6 Å². The molecule has 0 spiro atoms. The first-order valence-corrected chi connectivity index (χ1v) is 10.5. The number of carbonyl (C=O) groups excluding carboxylic acids is 2. The van der Waals surface area contributed by atoms with Crippen LogP contribution in [0.3, 0.4) is 0 Å². The Morgan fingerprint density at radius 1 is 1.04 bits per heavy atom. The van der Waals surface area contributed by atoms with E-state index in [1.165, 1.54) is 12.8 Å². The van der Waals surface area contributed by atoms with Gasteiger partial charge in [-0.3, -0.25) is 9.59 Å². The summed E-state index contributed by atoms with van der Waals surface area (Å²) in [6.45, 7) is 0.0917. The molecule has 1 aliphatic carbocycles. The van der Waals surface area contributed by atoms with Crippen LogP contribution in [0, 0.1) is 0 Å². The molecular weight excluding hydrogens is 356 g/mol. The van der Waals surface area contributed by atoms with E-state index < -0.39 is 0 Å². The summed E-state index contributed by atoms with van der Waals surface area (Å²) in [6, 6.07) is 18.3. The molecule has 2 aliphatic rings. The summed E-state index contributed by atoms with van der Waals surface area (Å²) in [5.74, 6) is -0.0592. The van der Waals surface area contributed by atoms with Gasteiger partial charge in [-0.05, 0) is 30.5 Å². The molecule has 5 heteroatoms. The van der Waals surface area contributed by atoms with Crippen molar-refractivity contribution in [3.63, 3.8) is 0 Å². The molecule has 0 aromatic heterocycles. The quantitative estimate of drug-likeness (QED) is 0.860. The predicted octanol–water partition coefficient (Wildman–Crippen LogP) is 4.32. The minimum atomic E-state index is -0.0618. The van der Waals surface area contributed by atoms with Crippen molar-refractivity contribution in [1.29, 1.82) is 0 Å². The van der Waals surface area contributed by atoms with E-state index >= 15 is 0 Å². The van der Waals surface area contributed by atoms with Crippen LogP contribution in [0.1, 0.15) is 42.9 Å². The number of carbonyl (C=O) groups is 2. The Morgan fingerprint density at radius 3 is 2.52 bits per heavy atom. The summed E-state index contributed by atoms with van der Waals surface area (Å²) >= 11 is 1.70. The summed E-state index contributed by atoms with van der Waals surface area (Å²) in [6.07, 6.45) is 4.82. The van der Waals surface area contributed by atoms with Crippen molar-refractivity contribution in [2.75, 3.05) is 11.4 Å². The van der Waals surface area contributed by atoms with E-state index in [2.05, 4.69) is 17.4 Å². The van der Waals surface area contributed by atoms with Gasteiger partial charge in [0.05, 0.1) is 5.69 Å². The van der Waals surface area contributed by atoms with Gasteiger partial charge in [0.1, 0.15) is 6.54 Å². The average molecular weight is 381 g/mol. The average Bonchev–Trinajstić information content (AvgIpc) is 3.15. The first-order valence-electron chi connectivity index (χ1n) is 9.61. The van der Waals surface area contributed by atoms with Crippen LogP contribution in [-0.4, -0.2) is 24.4 Å². The van der Waals surface area contributed by atoms with Crippen LogP contribution in [0.4, 0.5) is 5.69 Å². The molecule has 27 heavy (non-hydrogen) atoms. The lowest BCUT2D eigenvalue weighted by molar-refractivity contribution is -0.124. The van der Waals surface area contributed by atoms with Crippen LogP contribution < -0.4 is 10.2 Å². The molecule has 140 valence electrons. The number of para-hydroxylation sites is 1. The second-order valence-electron chi connectivity index (χ2n) is 7.22. The molecule has 2 amide bonds. The molecule has 1 unspecified atom stereocenters. The van der Waals surface area contributed by atoms with E-state index in [1.54, 1.807) is 16.7 Å². The Bertz CT molecular complexity index is 818. The third-order valence-electron chi connectivity index (χ3n) is 5.28. The number of thioether (sulfide) groups is 1. The zero-order valence-electron chi connectivity index (χ0n) is 15.3. The number of anilines is 1. The summed E-state index contributed by atoms with van der Waals surface area (Å²) in [5.41, 5.74) is 1.98. The van der Waals surface area contributed by atoms with Gasteiger partial charge in [-0.25, -0.2) is 0 Å². The van der Waals surface area contributed by atoms with Crippen molar-refractivity contribution in [2.45, 2.75) is 48.3 Å². The van der Waals surface area contributed by atoms with Gasteiger partial charge in [0.25, 0.3) is 0 Å². The fraction of sp³-hybridized carbons (Fsp3) is 0.364. The van der Waals surface area contributed by atoms with E-state index in [9.17, 15) is 9.59 Å². The molecule has 2 aromatic rings. The van der Waals surface area contributed by atoms with E-state index in [0.717, 1.165) is 29.0 Å². The van der Waals surface area contributed by atoms with Gasteiger partial charge in [-0.2, -0.15) is 0 Å². The highest BCUT2D eigenvalue weighted by Crippen LogP contribution is 2.45. The second kappa shape index (κ2) is 8.17. The van der Waals surface area contributed by atoms with E-state index in [4.69, 9.17) is 0 Å². The van der Waals surface area contributed by atoms with Gasteiger partial charge >= 0.3 is 0 Å². The molecule has 1 aliphatic heterocycles. The number of hydrogen-bond acceptors (Lipinski definition) is 3. The number of nitrogens with zero attached hydrogens (tertiary/aromatic N) is 1. The van der Waals surface area contributed by atoms with Crippen LogP contribution in [0.15, 0.2) is 59.5 Å². The number of rotatable bonds is 4. The Balaban J connectivity index is 1.56. The van der Waals surface area contributed by atoms with E-state index in [-0.39, 0.29) is 29.7 Å². The third-order valence-corrected chi connectivity index (χ3v) is 6.60. The van der Waals surface area contributed by atoms with Gasteiger partial charge < -0.3 is 10.2 Å². The molecule has 0 saturated heterocycles. The van der Waals surface area contributed by atoms with Gasteiger partial charge in [0.2, 0.25) is 11.8 Å². The van der Waals surface area contributed by atoms with Gasteiger partial charge in [0.15, 0.2) is 0 Å². The molecule has 4 rings (SSSR count). The number of nitrogens with one attached hydrogen (secondary N) is 1.